The van der Waals surface area contributed by atoms with Crippen molar-refractivity contribution >= 4 is 5.91 Å². The van der Waals surface area contributed by atoms with Gasteiger partial charge in [0.25, 0.3) is 5.91 Å². The molecule has 0 bridgehead atoms. The second kappa shape index (κ2) is 6.74. The highest BCUT2D eigenvalue weighted by Crippen LogP contribution is 2.38. The van der Waals surface area contributed by atoms with Gasteiger partial charge in [0.05, 0.1) is 51.2 Å². The normalized spacial score (nSPS) is 28.3. The number of rotatable bonds is 3. The summed E-state index contributed by atoms with van der Waals surface area (Å²) in [5.41, 5.74) is 0.745. The first-order valence-electron chi connectivity index (χ1n) is 9.78. The van der Waals surface area contributed by atoms with E-state index >= 15 is 0 Å². The molecular formula is C20H27N3O4. The van der Waals surface area contributed by atoms with Gasteiger partial charge in [0, 0.05) is 38.3 Å². The van der Waals surface area contributed by atoms with Gasteiger partial charge in [-0.1, -0.05) is 6.07 Å². The van der Waals surface area contributed by atoms with E-state index in [1.807, 2.05) is 29.2 Å². The topological polar surface area (TPSA) is 54.5 Å². The predicted octanol–water partition coefficient (Wildman–Crippen LogP) is 0.305. The fourth-order valence-electron chi connectivity index (χ4n) is 4.97. The average molecular weight is 373 g/mol. The molecule has 0 radical (unpaired) electrons. The molecule has 1 aromatic carbocycles. The molecule has 4 heterocycles. The Kier molecular flexibility index (Phi) is 4.35. The smallest absolute Gasteiger partial charge is 0.254 e. The molecule has 27 heavy (non-hydrogen) atoms. The van der Waals surface area contributed by atoms with E-state index in [0.717, 1.165) is 58.3 Å². The second-order valence-corrected chi connectivity index (χ2v) is 8.16. The van der Waals surface area contributed by atoms with Gasteiger partial charge in [0.2, 0.25) is 0 Å². The highest BCUT2D eigenvalue weighted by atomic mass is 16.5. The fourth-order valence-corrected chi connectivity index (χ4v) is 4.97. The van der Waals surface area contributed by atoms with E-state index < -0.39 is 0 Å². The highest BCUT2D eigenvalue weighted by molar-refractivity contribution is 5.94. The molecule has 1 atom stereocenters. The molecule has 1 spiro atoms. The molecule has 0 aliphatic carbocycles. The third kappa shape index (κ3) is 2.93. The van der Waals surface area contributed by atoms with Gasteiger partial charge in [-0.05, 0) is 18.2 Å². The van der Waals surface area contributed by atoms with Crippen LogP contribution in [-0.2, 0) is 9.47 Å². The molecular weight excluding hydrogens is 346 g/mol. The molecule has 0 aromatic heterocycles. The molecule has 4 fully saturated rings. The summed E-state index contributed by atoms with van der Waals surface area (Å²) < 4.78 is 16.4. The Bertz CT molecular complexity index is 717. The Balaban J connectivity index is 1.36. The summed E-state index contributed by atoms with van der Waals surface area (Å²) in [5, 5.41) is 0. The lowest BCUT2D eigenvalue weighted by Gasteiger charge is -2.65. The Morgan fingerprint density at radius 1 is 1.15 bits per heavy atom. The lowest BCUT2D eigenvalue weighted by Crippen LogP contribution is -2.82. The number of hydrogen-bond acceptors (Lipinski definition) is 6. The number of likely N-dealkylation sites (tertiary alicyclic amines) is 1. The first-order chi connectivity index (χ1) is 13.2. The lowest BCUT2D eigenvalue weighted by atomic mass is 9.81. The number of methoxy groups -OCH3 is 1. The highest BCUT2D eigenvalue weighted by Gasteiger charge is 2.56. The summed E-state index contributed by atoms with van der Waals surface area (Å²) in [7, 11) is 1.63. The van der Waals surface area contributed by atoms with E-state index in [2.05, 4.69) is 9.80 Å². The Hall–Kier alpha value is -1.67. The third-order valence-corrected chi connectivity index (χ3v) is 6.49. The zero-order valence-corrected chi connectivity index (χ0v) is 15.8. The summed E-state index contributed by atoms with van der Waals surface area (Å²) in [5.74, 6) is 0.805. The number of benzene rings is 1. The molecule has 1 amide bonds. The van der Waals surface area contributed by atoms with Crippen LogP contribution in [0.15, 0.2) is 24.3 Å². The van der Waals surface area contributed by atoms with Gasteiger partial charge in [-0.3, -0.25) is 14.6 Å². The van der Waals surface area contributed by atoms with Crippen LogP contribution in [-0.4, -0.2) is 104 Å². The molecule has 5 rings (SSSR count). The molecule has 0 saturated carbocycles. The van der Waals surface area contributed by atoms with Gasteiger partial charge in [-0.2, -0.15) is 0 Å². The van der Waals surface area contributed by atoms with Crippen molar-refractivity contribution in [1.29, 1.82) is 0 Å². The van der Waals surface area contributed by atoms with Crippen molar-refractivity contribution in [2.75, 3.05) is 66.3 Å². The quantitative estimate of drug-likeness (QED) is 0.760. The van der Waals surface area contributed by atoms with Crippen molar-refractivity contribution in [3.63, 3.8) is 0 Å². The van der Waals surface area contributed by atoms with Gasteiger partial charge >= 0.3 is 0 Å². The molecule has 7 heteroatoms. The maximum Gasteiger partial charge on any atom is 0.254 e. The number of nitrogens with zero attached hydrogens (tertiary/aromatic N) is 3. The summed E-state index contributed by atoms with van der Waals surface area (Å²) in [6, 6.07) is 8.29. The third-order valence-electron chi connectivity index (χ3n) is 6.49. The number of morpholine rings is 1. The number of carbonyl (C=O) groups excluding carboxylic acids is 1. The number of amides is 1. The zero-order valence-electron chi connectivity index (χ0n) is 15.8. The second-order valence-electron chi connectivity index (χ2n) is 8.16. The van der Waals surface area contributed by atoms with Crippen LogP contribution in [0, 0.1) is 0 Å². The van der Waals surface area contributed by atoms with E-state index in [1.54, 1.807) is 7.11 Å². The summed E-state index contributed by atoms with van der Waals surface area (Å²) in [4.78, 5) is 20.4. The number of hydrogen-bond donors (Lipinski definition) is 0. The van der Waals surface area contributed by atoms with E-state index in [0.29, 0.717) is 18.2 Å². The fraction of sp³-hybridized carbons (Fsp3) is 0.650. The molecule has 0 N–H and O–H groups in total. The first kappa shape index (κ1) is 17.4. The number of fused-ring (bicyclic) bond motifs is 2. The largest absolute Gasteiger partial charge is 0.497 e. The van der Waals surface area contributed by atoms with Crippen LogP contribution in [0.3, 0.4) is 0 Å². The summed E-state index contributed by atoms with van der Waals surface area (Å²) >= 11 is 0. The molecule has 1 aromatic rings. The minimum atomic E-state index is 0.0524. The lowest BCUT2D eigenvalue weighted by molar-refractivity contribution is -0.191. The van der Waals surface area contributed by atoms with Crippen molar-refractivity contribution in [3.8, 4) is 5.75 Å². The van der Waals surface area contributed by atoms with E-state index in [9.17, 15) is 4.79 Å². The number of piperazine rings is 1. The van der Waals surface area contributed by atoms with Crippen LogP contribution in [0.4, 0.5) is 0 Å². The van der Waals surface area contributed by atoms with Gasteiger partial charge in [-0.15, -0.1) is 0 Å². The van der Waals surface area contributed by atoms with Gasteiger partial charge in [0.1, 0.15) is 5.75 Å². The van der Waals surface area contributed by atoms with Crippen LogP contribution < -0.4 is 4.74 Å². The standard InChI is InChI=1S/C20H27N3O4/c1-25-18-4-2-3-15(7-18)19(24)21-8-16-9-26-6-5-23(16)20(12-21)13-22(14-20)17-10-27-11-17/h2-4,7,16-17H,5-6,8-14H2,1H3. The van der Waals surface area contributed by atoms with Crippen molar-refractivity contribution in [2.24, 2.45) is 0 Å². The van der Waals surface area contributed by atoms with Crippen LogP contribution in [0.1, 0.15) is 10.4 Å². The molecule has 146 valence electrons. The van der Waals surface area contributed by atoms with Gasteiger partial charge < -0.3 is 19.1 Å². The Labute approximate surface area is 159 Å². The minimum absolute atomic E-state index is 0.0524. The van der Waals surface area contributed by atoms with Crippen molar-refractivity contribution in [1.82, 2.24) is 14.7 Å². The monoisotopic (exact) mass is 373 g/mol. The summed E-state index contributed by atoms with van der Waals surface area (Å²) in [6.45, 7) is 7.67. The Morgan fingerprint density at radius 3 is 2.70 bits per heavy atom. The zero-order chi connectivity index (χ0) is 18.4. The van der Waals surface area contributed by atoms with E-state index in [1.165, 1.54) is 0 Å². The van der Waals surface area contributed by atoms with Crippen molar-refractivity contribution < 1.29 is 19.0 Å². The average Bonchev–Trinajstić information content (AvgIpc) is 2.64. The van der Waals surface area contributed by atoms with E-state index in [-0.39, 0.29) is 17.5 Å². The van der Waals surface area contributed by atoms with Crippen molar-refractivity contribution in [2.45, 2.75) is 17.6 Å². The van der Waals surface area contributed by atoms with Gasteiger partial charge in [0.15, 0.2) is 0 Å². The van der Waals surface area contributed by atoms with Crippen molar-refractivity contribution in [3.05, 3.63) is 29.8 Å². The predicted molar refractivity (Wildman–Crippen MR) is 99.1 cm³/mol. The SMILES string of the molecule is COc1cccc(C(=O)N2CC3COCCN3C3(C2)CN(C2COC2)C3)c1. The van der Waals surface area contributed by atoms with Crippen LogP contribution in [0.25, 0.3) is 0 Å². The maximum absolute atomic E-state index is 13.2. The summed E-state index contributed by atoms with van der Waals surface area (Å²) in [6.07, 6.45) is 0. The maximum atomic E-state index is 13.2. The minimum Gasteiger partial charge on any atom is -0.497 e. The number of ether oxygens (including phenoxy) is 3. The van der Waals surface area contributed by atoms with Crippen LogP contribution in [0.5, 0.6) is 5.75 Å². The van der Waals surface area contributed by atoms with Crippen LogP contribution >= 0.6 is 0 Å². The van der Waals surface area contributed by atoms with E-state index in [4.69, 9.17) is 14.2 Å². The molecule has 4 saturated heterocycles. The van der Waals surface area contributed by atoms with Crippen LogP contribution in [0.2, 0.25) is 0 Å². The first-order valence-corrected chi connectivity index (χ1v) is 9.78. The molecule has 4 aliphatic rings. The van der Waals surface area contributed by atoms with Gasteiger partial charge in [-0.25, -0.2) is 0 Å². The molecule has 1 unspecified atom stereocenters. The molecule has 4 aliphatic heterocycles. The Morgan fingerprint density at radius 2 is 1.96 bits per heavy atom. The number of carbonyl (C=O) groups is 1. The molecule has 7 nitrogen and oxygen atoms in total.